The van der Waals surface area contributed by atoms with Gasteiger partial charge in [0.15, 0.2) is 0 Å². The minimum atomic E-state index is 0.0726. The van der Waals surface area contributed by atoms with Crippen molar-refractivity contribution in [3.05, 3.63) is 23.5 Å². The fourth-order valence-electron chi connectivity index (χ4n) is 3.84. The summed E-state index contributed by atoms with van der Waals surface area (Å²) in [6.45, 7) is 5.90. The molecule has 2 aromatic rings. The number of aromatic nitrogens is 2. The Morgan fingerprint density at radius 2 is 2.22 bits per heavy atom. The second kappa shape index (κ2) is 5.60. The first-order chi connectivity index (χ1) is 11.2. The maximum Gasteiger partial charge on any atom is 0.257 e. The molecule has 2 fully saturated rings. The molecular weight excluding hydrogens is 292 g/mol. The molecule has 1 spiro atoms. The summed E-state index contributed by atoms with van der Waals surface area (Å²) in [5.74, 6) is 0.0726. The van der Waals surface area contributed by atoms with Gasteiger partial charge in [-0.05, 0) is 43.7 Å². The third-order valence-electron chi connectivity index (χ3n) is 5.43. The largest absolute Gasteiger partial charge is 0.339 e. The van der Waals surface area contributed by atoms with E-state index in [0.717, 1.165) is 56.5 Å². The standard InChI is InChI=1S/C17H22N4O2/c1-2-14-13-9-12(10-19-15(13)23-20-14)16(22)21-7-4-17(5-8-21)3-6-18-11-17/h9-10,18H,2-8,11H2,1H3. The van der Waals surface area contributed by atoms with Gasteiger partial charge in [0.05, 0.1) is 16.6 Å². The van der Waals surface area contributed by atoms with Gasteiger partial charge >= 0.3 is 0 Å². The van der Waals surface area contributed by atoms with Gasteiger partial charge in [-0.25, -0.2) is 4.98 Å². The Morgan fingerprint density at radius 1 is 1.39 bits per heavy atom. The third-order valence-corrected chi connectivity index (χ3v) is 5.43. The van der Waals surface area contributed by atoms with Crippen LogP contribution in [0.15, 0.2) is 16.8 Å². The third kappa shape index (κ3) is 2.51. The number of hydrogen-bond donors (Lipinski definition) is 1. The number of likely N-dealkylation sites (tertiary alicyclic amines) is 1. The number of nitrogens with one attached hydrogen (secondary N) is 1. The predicted molar refractivity (Wildman–Crippen MR) is 86.2 cm³/mol. The van der Waals surface area contributed by atoms with Gasteiger partial charge in [-0.15, -0.1) is 0 Å². The van der Waals surface area contributed by atoms with Crippen LogP contribution in [0.25, 0.3) is 11.1 Å². The van der Waals surface area contributed by atoms with E-state index in [0.29, 0.717) is 16.7 Å². The summed E-state index contributed by atoms with van der Waals surface area (Å²) in [6.07, 6.45) is 5.80. The number of piperidine rings is 1. The molecule has 0 saturated carbocycles. The number of amides is 1. The molecule has 122 valence electrons. The summed E-state index contributed by atoms with van der Waals surface area (Å²) in [5.41, 5.74) is 2.42. The van der Waals surface area contributed by atoms with Gasteiger partial charge in [0, 0.05) is 25.8 Å². The van der Waals surface area contributed by atoms with Crippen LogP contribution in [-0.2, 0) is 6.42 Å². The normalized spacial score (nSPS) is 20.5. The van der Waals surface area contributed by atoms with Crippen molar-refractivity contribution in [2.75, 3.05) is 26.2 Å². The van der Waals surface area contributed by atoms with Crippen LogP contribution in [0.1, 0.15) is 42.2 Å². The smallest absolute Gasteiger partial charge is 0.257 e. The Hall–Kier alpha value is -1.95. The van der Waals surface area contributed by atoms with E-state index in [2.05, 4.69) is 15.5 Å². The molecule has 0 atom stereocenters. The van der Waals surface area contributed by atoms with Crippen LogP contribution in [0, 0.1) is 5.41 Å². The van der Waals surface area contributed by atoms with Crippen molar-refractivity contribution in [2.24, 2.45) is 5.41 Å². The van der Waals surface area contributed by atoms with Crippen molar-refractivity contribution in [1.29, 1.82) is 0 Å². The lowest BCUT2D eigenvalue weighted by Crippen LogP contribution is -2.44. The first-order valence-corrected chi connectivity index (χ1v) is 8.45. The van der Waals surface area contributed by atoms with Crippen LogP contribution in [0.2, 0.25) is 0 Å². The highest BCUT2D eigenvalue weighted by Crippen LogP contribution is 2.37. The van der Waals surface area contributed by atoms with Crippen LogP contribution in [0.5, 0.6) is 0 Å². The van der Waals surface area contributed by atoms with Crippen molar-refractivity contribution in [1.82, 2.24) is 20.4 Å². The lowest BCUT2D eigenvalue weighted by Gasteiger charge is -2.38. The van der Waals surface area contributed by atoms with E-state index in [1.165, 1.54) is 6.42 Å². The fourth-order valence-corrected chi connectivity index (χ4v) is 3.84. The van der Waals surface area contributed by atoms with Crippen LogP contribution >= 0.6 is 0 Å². The molecule has 1 amide bonds. The van der Waals surface area contributed by atoms with Crippen molar-refractivity contribution in [3.63, 3.8) is 0 Å². The molecule has 1 N–H and O–H groups in total. The molecule has 4 rings (SSSR count). The van der Waals surface area contributed by atoms with Crippen LogP contribution in [0.3, 0.4) is 0 Å². The first-order valence-electron chi connectivity index (χ1n) is 8.45. The number of rotatable bonds is 2. The number of aryl methyl sites for hydroxylation is 1. The van der Waals surface area contributed by atoms with Gasteiger partial charge in [0.1, 0.15) is 0 Å². The summed E-state index contributed by atoms with van der Waals surface area (Å²) in [4.78, 5) is 19.0. The number of carbonyl (C=O) groups excluding carboxylic acids is 1. The summed E-state index contributed by atoms with van der Waals surface area (Å²) < 4.78 is 5.19. The Balaban J connectivity index is 1.53. The second-order valence-corrected chi connectivity index (χ2v) is 6.78. The van der Waals surface area contributed by atoms with E-state index < -0.39 is 0 Å². The molecule has 0 aromatic carbocycles. The van der Waals surface area contributed by atoms with Gasteiger partial charge < -0.3 is 14.7 Å². The molecule has 4 heterocycles. The molecule has 2 saturated heterocycles. The molecule has 6 heteroatoms. The maximum absolute atomic E-state index is 12.8. The number of pyridine rings is 1. The monoisotopic (exact) mass is 314 g/mol. The van der Waals surface area contributed by atoms with Gasteiger partial charge in [0.25, 0.3) is 11.6 Å². The molecule has 6 nitrogen and oxygen atoms in total. The maximum atomic E-state index is 12.8. The first kappa shape index (κ1) is 14.6. The summed E-state index contributed by atoms with van der Waals surface area (Å²) in [6, 6.07) is 1.88. The molecule has 0 unspecified atom stereocenters. The minimum absolute atomic E-state index is 0.0726. The quantitative estimate of drug-likeness (QED) is 0.918. The molecule has 2 aliphatic heterocycles. The molecule has 2 aromatic heterocycles. The molecule has 0 radical (unpaired) electrons. The Morgan fingerprint density at radius 3 is 2.91 bits per heavy atom. The summed E-state index contributed by atoms with van der Waals surface area (Å²) >= 11 is 0. The average Bonchev–Trinajstić information content (AvgIpc) is 3.21. The van der Waals surface area contributed by atoms with Gasteiger partial charge in [-0.3, -0.25) is 4.79 Å². The lowest BCUT2D eigenvalue weighted by atomic mass is 9.78. The number of carbonyl (C=O) groups is 1. The van der Waals surface area contributed by atoms with Crippen LogP contribution in [0.4, 0.5) is 0 Å². The van der Waals surface area contributed by atoms with E-state index in [1.54, 1.807) is 6.20 Å². The highest BCUT2D eigenvalue weighted by molar-refractivity contribution is 5.97. The molecule has 0 aliphatic carbocycles. The van der Waals surface area contributed by atoms with Crippen LogP contribution in [-0.4, -0.2) is 47.1 Å². The zero-order chi connectivity index (χ0) is 15.9. The molecular formula is C17H22N4O2. The lowest BCUT2D eigenvalue weighted by molar-refractivity contribution is 0.0607. The van der Waals surface area contributed by atoms with Crippen molar-refractivity contribution < 1.29 is 9.32 Å². The molecule has 2 aliphatic rings. The molecule has 0 bridgehead atoms. The summed E-state index contributed by atoms with van der Waals surface area (Å²) in [5, 5.41) is 8.32. The highest BCUT2D eigenvalue weighted by atomic mass is 16.5. The Kier molecular flexibility index (Phi) is 3.56. The molecule has 23 heavy (non-hydrogen) atoms. The zero-order valence-corrected chi connectivity index (χ0v) is 13.5. The van der Waals surface area contributed by atoms with E-state index in [-0.39, 0.29) is 5.91 Å². The number of hydrogen-bond acceptors (Lipinski definition) is 5. The van der Waals surface area contributed by atoms with E-state index in [1.807, 2.05) is 17.9 Å². The zero-order valence-electron chi connectivity index (χ0n) is 13.5. The van der Waals surface area contributed by atoms with Crippen molar-refractivity contribution >= 4 is 17.0 Å². The second-order valence-electron chi connectivity index (χ2n) is 6.78. The average molecular weight is 314 g/mol. The van der Waals surface area contributed by atoms with E-state index >= 15 is 0 Å². The predicted octanol–water partition coefficient (Wildman–Crippen LogP) is 2.00. The van der Waals surface area contributed by atoms with Crippen molar-refractivity contribution in [3.8, 4) is 0 Å². The van der Waals surface area contributed by atoms with Gasteiger partial charge in [-0.1, -0.05) is 12.1 Å². The van der Waals surface area contributed by atoms with Crippen LogP contribution < -0.4 is 5.32 Å². The van der Waals surface area contributed by atoms with Gasteiger partial charge in [0.2, 0.25) is 0 Å². The highest BCUT2D eigenvalue weighted by Gasteiger charge is 2.38. The Bertz CT molecular complexity index is 723. The van der Waals surface area contributed by atoms with Crippen molar-refractivity contribution in [2.45, 2.75) is 32.6 Å². The topological polar surface area (TPSA) is 71.3 Å². The SMILES string of the molecule is CCc1noc2ncc(C(=O)N3CCC4(CCNC4)CC3)cc12. The summed E-state index contributed by atoms with van der Waals surface area (Å²) in [7, 11) is 0. The van der Waals surface area contributed by atoms with E-state index in [9.17, 15) is 4.79 Å². The van der Waals surface area contributed by atoms with Gasteiger partial charge in [-0.2, -0.15) is 0 Å². The number of fused-ring (bicyclic) bond motifs is 1. The minimum Gasteiger partial charge on any atom is -0.339 e. The fraction of sp³-hybridized carbons (Fsp3) is 0.588. The Labute approximate surface area is 135 Å². The van der Waals surface area contributed by atoms with E-state index in [4.69, 9.17) is 4.52 Å². The number of nitrogens with zero attached hydrogens (tertiary/aromatic N) is 3.